The molecule has 0 radical (unpaired) electrons. The number of aromatic nitrogens is 2. The first-order valence-corrected chi connectivity index (χ1v) is 13.6. The Morgan fingerprint density at radius 2 is 1.88 bits per heavy atom. The van der Waals surface area contributed by atoms with Crippen LogP contribution in [0.15, 0.2) is 83.0 Å². The number of hydrogen-bond donors (Lipinski definition) is 2. The topological polar surface area (TPSA) is 96.5 Å². The van der Waals surface area contributed by atoms with Crippen LogP contribution in [0.1, 0.15) is 45.1 Å². The minimum atomic E-state index is -4.54. The maximum atomic E-state index is 13.9. The Morgan fingerprint density at radius 3 is 2.61 bits per heavy atom. The molecule has 1 aliphatic carbocycles. The van der Waals surface area contributed by atoms with Crippen LogP contribution in [0.2, 0.25) is 0 Å². The van der Waals surface area contributed by atoms with E-state index in [1.54, 1.807) is 53.6 Å². The van der Waals surface area contributed by atoms with Gasteiger partial charge in [0.1, 0.15) is 0 Å². The van der Waals surface area contributed by atoms with E-state index in [9.17, 15) is 18.0 Å². The number of nitrogens with zero attached hydrogens (tertiary/aromatic N) is 4. The molecular formula is C30H26ClF3N6O. The number of anilines is 2. The maximum Gasteiger partial charge on any atom is 0.417 e. The van der Waals surface area contributed by atoms with Gasteiger partial charge in [0, 0.05) is 64.6 Å². The molecule has 0 spiro atoms. The number of halogens is 4. The first kappa shape index (κ1) is 27.2. The van der Waals surface area contributed by atoms with Crippen LogP contribution in [-0.2, 0) is 12.7 Å². The molecule has 2 aromatic carbocycles. The number of rotatable bonds is 4. The van der Waals surface area contributed by atoms with Crippen molar-refractivity contribution in [1.82, 2.24) is 14.9 Å². The quantitative estimate of drug-likeness (QED) is 0.407. The number of amides is 1. The van der Waals surface area contributed by atoms with Crippen molar-refractivity contribution in [3.63, 3.8) is 0 Å². The zero-order valence-corrected chi connectivity index (χ0v) is 22.5. The molecule has 3 aliphatic rings. The highest BCUT2D eigenvalue weighted by Crippen LogP contribution is 2.41. The molecule has 1 fully saturated rings. The molecule has 7 nitrogen and oxygen atoms in total. The van der Waals surface area contributed by atoms with Crippen LogP contribution in [0.3, 0.4) is 0 Å². The fourth-order valence-corrected chi connectivity index (χ4v) is 5.73. The van der Waals surface area contributed by atoms with Crippen molar-refractivity contribution in [3.8, 4) is 0 Å². The summed E-state index contributed by atoms with van der Waals surface area (Å²) in [6, 6.07) is 12.5. The normalized spacial score (nSPS) is 21.9. The predicted molar refractivity (Wildman–Crippen MR) is 151 cm³/mol. The van der Waals surface area contributed by atoms with Crippen LogP contribution in [0.25, 0.3) is 0 Å². The van der Waals surface area contributed by atoms with Crippen molar-refractivity contribution in [1.29, 1.82) is 0 Å². The Labute approximate surface area is 239 Å². The van der Waals surface area contributed by atoms with Gasteiger partial charge in [-0.1, -0.05) is 42.0 Å². The summed E-state index contributed by atoms with van der Waals surface area (Å²) in [5.74, 6) is -0.690. The fraction of sp³-hybridized carbons (Fsp3) is 0.267. The van der Waals surface area contributed by atoms with Gasteiger partial charge in [0.15, 0.2) is 0 Å². The number of carbonyl (C=O) groups excluding carboxylic acids is 1. The van der Waals surface area contributed by atoms with Crippen LogP contribution in [0.4, 0.5) is 24.8 Å². The Hall–Kier alpha value is -4.02. The number of hydrogen-bond acceptors (Lipinski definition) is 6. The van der Waals surface area contributed by atoms with Gasteiger partial charge in [-0.3, -0.25) is 9.79 Å². The van der Waals surface area contributed by atoms with Gasteiger partial charge in [0.2, 0.25) is 5.95 Å². The van der Waals surface area contributed by atoms with Crippen molar-refractivity contribution in [2.24, 2.45) is 16.6 Å². The van der Waals surface area contributed by atoms with Gasteiger partial charge >= 0.3 is 6.18 Å². The van der Waals surface area contributed by atoms with E-state index in [-0.39, 0.29) is 24.1 Å². The fourth-order valence-electron chi connectivity index (χ4n) is 5.52. The average Bonchev–Trinajstić information content (AvgIpc) is 3.33. The molecule has 11 heteroatoms. The van der Waals surface area contributed by atoms with E-state index in [1.165, 1.54) is 12.1 Å². The van der Waals surface area contributed by atoms with Crippen molar-refractivity contribution in [2.75, 3.05) is 18.4 Å². The summed E-state index contributed by atoms with van der Waals surface area (Å²) in [7, 11) is 0. The number of alkyl halides is 3. The average molecular weight is 579 g/mol. The molecule has 41 heavy (non-hydrogen) atoms. The molecule has 1 amide bonds. The Kier molecular flexibility index (Phi) is 7.13. The first-order valence-electron chi connectivity index (χ1n) is 13.2. The predicted octanol–water partition coefficient (Wildman–Crippen LogP) is 5.81. The van der Waals surface area contributed by atoms with Crippen LogP contribution in [0.5, 0.6) is 0 Å². The molecule has 0 saturated carbocycles. The molecule has 2 aliphatic heterocycles. The number of nitrogens with one attached hydrogen (secondary N) is 1. The summed E-state index contributed by atoms with van der Waals surface area (Å²) in [5.41, 5.74) is 8.13. The Balaban J connectivity index is 1.28. The summed E-state index contributed by atoms with van der Waals surface area (Å²) in [5, 5.41) is 3.60. The highest BCUT2D eigenvalue weighted by molar-refractivity contribution is 6.31. The second-order valence-corrected chi connectivity index (χ2v) is 10.7. The van der Waals surface area contributed by atoms with Gasteiger partial charge in [0.05, 0.1) is 23.5 Å². The zero-order chi connectivity index (χ0) is 28.7. The summed E-state index contributed by atoms with van der Waals surface area (Å²) in [6.07, 6.45) is 3.21. The highest BCUT2D eigenvalue weighted by atomic mass is 35.5. The molecule has 210 valence electrons. The molecule has 3 heterocycles. The van der Waals surface area contributed by atoms with Gasteiger partial charge in [-0.2, -0.15) is 13.2 Å². The van der Waals surface area contributed by atoms with Crippen molar-refractivity contribution >= 4 is 34.9 Å². The van der Waals surface area contributed by atoms with Crippen molar-refractivity contribution < 1.29 is 18.0 Å². The van der Waals surface area contributed by atoms with E-state index in [0.29, 0.717) is 52.3 Å². The second-order valence-electron chi connectivity index (χ2n) is 10.3. The number of likely N-dealkylation sites (tertiary alicyclic amines) is 1. The minimum absolute atomic E-state index is 0.0104. The summed E-state index contributed by atoms with van der Waals surface area (Å²) in [4.78, 5) is 28.4. The molecule has 3 atom stereocenters. The zero-order valence-electron chi connectivity index (χ0n) is 21.8. The van der Waals surface area contributed by atoms with E-state index in [2.05, 4.69) is 15.3 Å². The number of fused-ring (bicyclic) bond motifs is 3. The van der Waals surface area contributed by atoms with Crippen LogP contribution >= 0.6 is 11.6 Å². The third-order valence-electron chi connectivity index (χ3n) is 7.55. The summed E-state index contributed by atoms with van der Waals surface area (Å²) >= 11 is 6.34. The summed E-state index contributed by atoms with van der Waals surface area (Å²) < 4.78 is 41.8. The molecule has 1 aromatic heterocycles. The molecular weight excluding hydrogens is 553 g/mol. The number of nitrogens with two attached hydrogens (primary N) is 1. The van der Waals surface area contributed by atoms with Gasteiger partial charge < -0.3 is 16.0 Å². The van der Waals surface area contributed by atoms with E-state index < -0.39 is 23.6 Å². The molecule has 3 aromatic rings. The number of carbonyl (C=O) groups is 1. The molecule has 6 rings (SSSR count). The lowest BCUT2D eigenvalue weighted by Crippen LogP contribution is -2.31. The van der Waals surface area contributed by atoms with Crippen molar-refractivity contribution in [2.45, 2.75) is 31.1 Å². The SMILES string of the molecule is NC1CCN(C(=O)c2ccc(Nc3ncc4c(n3)C3C=CC(Cl)=CC3C(c3ccccc3C(F)(F)F)=NC4)cc2)C1. The van der Waals surface area contributed by atoms with Gasteiger partial charge in [0.25, 0.3) is 5.91 Å². The number of benzene rings is 2. The van der Waals surface area contributed by atoms with Crippen LogP contribution < -0.4 is 11.1 Å². The summed E-state index contributed by atoms with van der Waals surface area (Å²) in [6.45, 7) is 1.32. The molecule has 0 bridgehead atoms. The minimum Gasteiger partial charge on any atom is -0.337 e. The van der Waals surface area contributed by atoms with Gasteiger partial charge in [-0.25, -0.2) is 9.97 Å². The van der Waals surface area contributed by atoms with E-state index in [0.717, 1.165) is 12.5 Å². The monoisotopic (exact) mass is 578 g/mol. The number of aliphatic imine (C=N–C) groups is 1. The molecule has 3 N–H and O–H groups in total. The van der Waals surface area contributed by atoms with Crippen LogP contribution in [-0.4, -0.2) is 45.6 Å². The third-order valence-corrected chi connectivity index (χ3v) is 7.80. The Morgan fingerprint density at radius 1 is 1.10 bits per heavy atom. The lowest BCUT2D eigenvalue weighted by atomic mass is 9.79. The second kappa shape index (κ2) is 10.8. The lowest BCUT2D eigenvalue weighted by Gasteiger charge is -2.27. The van der Waals surface area contributed by atoms with E-state index >= 15 is 0 Å². The van der Waals surface area contributed by atoms with E-state index in [1.807, 2.05) is 6.08 Å². The molecule has 1 saturated heterocycles. The maximum absolute atomic E-state index is 13.9. The van der Waals surface area contributed by atoms with Crippen LogP contribution in [0, 0.1) is 5.92 Å². The third kappa shape index (κ3) is 5.49. The first-order chi connectivity index (χ1) is 19.7. The van der Waals surface area contributed by atoms with E-state index in [4.69, 9.17) is 22.3 Å². The number of allylic oxidation sites excluding steroid dienone is 4. The van der Waals surface area contributed by atoms with Gasteiger partial charge in [-0.05, 0) is 42.8 Å². The lowest BCUT2D eigenvalue weighted by molar-refractivity contribution is -0.137. The highest BCUT2D eigenvalue weighted by Gasteiger charge is 2.39. The molecule has 3 unspecified atom stereocenters. The van der Waals surface area contributed by atoms with Crippen molar-refractivity contribution in [3.05, 3.63) is 106 Å². The Bertz CT molecular complexity index is 1580. The smallest absolute Gasteiger partial charge is 0.337 e. The largest absolute Gasteiger partial charge is 0.417 e. The van der Waals surface area contributed by atoms with Gasteiger partial charge in [-0.15, -0.1) is 0 Å². The standard InChI is InChI=1S/C30H26ClF3N6O/c31-19-7-10-22-24(13-19)27(23-3-1-2-4-25(23)30(32,33)34)36-14-18-15-37-29(39-26(18)22)38-21-8-5-17(6-9-21)28(41)40-12-11-20(35)16-40/h1-10,13,15,20,22,24H,11-12,14,16,35H2,(H,37,38,39).